The molecule has 2 unspecified atom stereocenters. The SMILES string of the molecule is CC/C=C\C/C=C\C/C=C\C/C=C\C/C=C\CCCCCCCCCC(=O)OCC(O)COP(=O)(O)OCCNC(=O)CCCCCCC/C=C\C/C=C\C/C=C\CC. The molecule has 0 saturated carbocycles. The van der Waals surface area contributed by atoms with E-state index in [1.165, 1.54) is 19.3 Å². The largest absolute Gasteiger partial charge is 0.472 e. The molecule has 59 heavy (non-hydrogen) atoms. The smallest absolute Gasteiger partial charge is 0.463 e. The van der Waals surface area contributed by atoms with Crippen molar-refractivity contribution in [3.05, 3.63) is 97.2 Å². The highest BCUT2D eigenvalue weighted by Gasteiger charge is 2.23. The Kier molecular flexibility index (Phi) is 42.2. The number of hydrogen-bond donors (Lipinski definition) is 3. The van der Waals surface area contributed by atoms with Crippen molar-refractivity contribution in [3.8, 4) is 0 Å². The molecule has 0 spiro atoms. The lowest BCUT2D eigenvalue weighted by Crippen LogP contribution is -2.27. The van der Waals surface area contributed by atoms with Crippen LogP contribution in [0, 0.1) is 0 Å². The summed E-state index contributed by atoms with van der Waals surface area (Å²) in [4.78, 5) is 34.0. The zero-order chi connectivity index (χ0) is 43.2. The molecule has 0 fully saturated rings. The van der Waals surface area contributed by atoms with Crippen molar-refractivity contribution in [2.45, 2.75) is 174 Å². The van der Waals surface area contributed by atoms with Gasteiger partial charge in [-0.25, -0.2) is 4.57 Å². The van der Waals surface area contributed by atoms with Gasteiger partial charge in [0.1, 0.15) is 12.7 Å². The Labute approximate surface area is 359 Å². The highest BCUT2D eigenvalue weighted by Crippen LogP contribution is 2.42. The van der Waals surface area contributed by atoms with Crippen LogP contribution in [-0.2, 0) is 27.9 Å². The first-order valence-electron chi connectivity index (χ1n) is 22.7. The molecule has 0 aliphatic carbocycles. The number of allylic oxidation sites excluding steroid dienone is 16. The standard InChI is InChI=1S/C49H82NO8P/c1-3-5-7-9-11-13-15-17-19-20-21-22-23-24-25-26-28-30-32-34-36-38-40-42-49(53)56-45-47(51)46-58-59(54,55)57-44-43-50-48(52)41-39-37-35-33-31-29-27-18-16-14-12-10-8-6-4-2/h5-8,11-14,17-19,21-22,24-25,27,47,51H,3-4,9-10,15-16,20,23,26,28-46H2,1-2H3,(H,50,52)(H,54,55)/b7-5-,8-6-,13-11-,14-12-,19-17-,22-21-,25-24-,27-18-. The molecule has 0 aromatic rings. The Morgan fingerprint density at radius 2 is 0.915 bits per heavy atom. The first kappa shape index (κ1) is 55.9. The molecule has 336 valence electrons. The van der Waals surface area contributed by atoms with Gasteiger partial charge in [-0.3, -0.25) is 18.6 Å². The normalized spacial score (nSPS) is 14.2. The Bertz CT molecular complexity index is 1280. The van der Waals surface area contributed by atoms with E-state index in [9.17, 15) is 24.2 Å². The number of amides is 1. The molecule has 3 N–H and O–H groups in total. The number of carbonyl (C=O) groups excluding carboxylic acids is 2. The van der Waals surface area contributed by atoms with E-state index in [4.69, 9.17) is 13.8 Å². The molecule has 0 aromatic carbocycles. The monoisotopic (exact) mass is 844 g/mol. The minimum Gasteiger partial charge on any atom is -0.463 e. The predicted octanol–water partition coefficient (Wildman–Crippen LogP) is 13.0. The van der Waals surface area contributed by atoms with Gasteiger partial charge in [0.15, 0.2) is 0 Å². The first-order valence-corrected chi connectivity index (χ1v) is 24.2. The maximum absolute atomic E-state index is 12.1. The fourth-order valence-electron chi connectivity index (χ4n) is 5.66. The molecule has 0 rings (SSSR count). The number of aliphatic hydroxyl groups excluding tert-OH is 1. The van der Waals surface area contributed by atoms with Crippen LogP contribution >= 0.6 is 7.82 Å². The molecule has 2 atom stereocenters. The van der Waals surface area contributed by atoms with Gasteiger partial charge in [-0.15, -0.1) is 0 Å². The second kappa shape index (κ2) is 44.5. The summed E-state index contributed by atoms with van der Waals surface area (Å²) in [6.07, 6.45) is 57.6. The molecule has 0 saturated heterocycles. The Morgan fingerprint density at radius 3 is 1.37 bits per heavy atom. The van der Waals surface area contributed by atoms with Crippen molar-refractivity contribution in [2.75, 3.05) is 26.4 Å². The van der Waals surface area contributed by atoms with Crippen LogP contribution in [0.1, 0.15) is 168 Å². The Hall–Kier alpha value is -3.07. The molecule has 0 aliphatic heterocycles. The molecule has 0 radical (unpaired) electrons. The number of unbranched alkanes of at least 4 members (excludes halogenated alkanes) is 12. The van der Waals surface area contributed by atoms with Crippen LogP contribution in [0.25, 0.3) is 0 Å². The summed E-state index contributed by atoms with van der Waals surface area (Å²) in [5.74, 6) is -0.553. The summed E-state index contributed by atoms with van der Waals surface area (Å²) >= 11 is 0. The Balaban J connectivity index is 3.66. The van der Waals surface area contributed by atoms with Gasteiger partial charge in [0.25, 0.3) is 0 Å². The molecule has 1 amide bonds. The first-order chi connectivity index (χ1) is 28.8. The average Bonchev–Trinajstić information content (AvgIpc) is 3.22. The highest BCUT2D eigenvalue weighted by molar-refractivity contribution is 7.47. The quantitative estimate of drug-likeness (QED) is 0.0240. The summed E-state index contributed by atoms with van der Waals surface area (Å²) in [6, 6.07) is 0. The predicted molar refractivity (Wildman–Crippen MR) is 247 cm³/mol. The molecule has 0 aromatic heterocycles. The van der Waals surface area contributed by atoms with Crippen LogP contribution < -0.4 is 5.32 Å². The second-order valence-corrected chi connectivity index (χ2v) is 16.1. The van der Waals surface area contributed by atoms with Gasteiger partial charge in [0.05, 0.1) is 13.2 Å². The minimum absolute atomic E-state index is 0.0652. The van der Waals surface area contributed by atoms with Crippen molar-refractivity contribution in [1.82, 2.24) is 5.32 Å². The number of aliphatic hydroxyl groups is 1. The van der Waals surface area contributed by atoms with Gasteiger partial charge in [0.2, 0.25) is 5.91 Å². The van der Waals surface area contributed by atoms with Crippen molar-refractivity contribution < 1.29 is 37.9 Å². The summed E-state index contributed by atoms with van der Waals surface area (Å²) in [5.41, 5.74) is 0. The molecular weight excluding hydrogens is 762 g/mol. The van der Waals surface area contributed by atoms with Crippen molar-refractivity contribution >= 4 is 19.7 Å². The van der Waals surface area contributed by atoms with Crippen LogP contribution in [0.5, 0.6) is 0 Å². The molecular formula is C49H82NO8P. The molecule has 9 nitrogen and oxygen atoms in total. The van der Waals surface area contributed by atoms with Crippen molar-refractivity contribution in [3.63, 3.8) is 0 Å². The average molecular weight is 844 g/mol. The third-order valence-corrected chi connectivity index (χ3v) is 9.99. The van der Waals surface area contributed by atoms with E-state index in [0.717, 1.165) is 122 Å². The third kappa shape index (κ3) is 45.9. The van der Waals surface area contributed by atoms with E-state index in [0.29, 0.717) is 6.42 Å². The van der Waals surface area contributed by atoms with Crippen molar-refractivity contribution in [2.24, 2.45) is 0 Å². The van der Waals surface area contributed by atoms with Crippen LogP contribution in [-0.4, -0.2) is 54.3 Å². The lowest BCUT2D eigenvalue weighted by atomic mass is 10.1. The van der Waals surface area contributed by atoms with E-state index >= 15 is 0 Å². The lowest BCUT2D eigenvalue weighted by Gasteiger charge is -2.15. The number of ether oxygens (including phenoxy) is 1. The van der Waals surface area contributed by atoms with Crippen LogP contribution in [0.3, 0.4) is 0 Å². The summed E-state index contributed by atoms with van der Waals surface area (Å²) < 4.78 is 26.9. The third-order valence-electron chi connectivity index (χ3n) is 9.01. The highest BCUT2D eigenvalue weighted by atomic mass is 31.2. The summed E-state index contributed by atoms with van der Waals surface area (Å²) in [7, 11) is -4.43. The zero-order valence-electron chi connectivity index (χ0n) is 36.9. The number of phosphoric acid groups is 1. The summed E-state index contributed by atoms with van der Waals surface area (Å²) in [6.45, 7) is 3.27. The number of hydrogen-bond acceptors (Lipinski definition) is 7. The fraction of sp³-hybridized carbons (Fsp3) is 0.633. The van der Waals surface area contributed by atoms with Gasteiger partial charge in [0, 0.05) is 19.4 Å². The van der Waals surface area contributed by atoms with E-state index in [1.807, 2.05) is 0 Å². The van der Waals surface area contributed by atoms with E-state index < -0.39 is 26.5 Å². The van der Waals surface area contributed by atoms with Crippen LogP contribution in [0.15, 0.2) is 97.2 Å². The molecule has 0 aliphatic rings. The molecule has 0 bridgehead atoms. The lowest BCUT2D eigenvalue weighted by molar-refractivity contribution is -0.147. The Morgan fingerprint density at radius 1 is 0.525 bits per heavy atom. The van der Waals surface area contributed by atoms with Gasteiger partial charge in [-0.1, -0.05) is 162 Å². The van der Waals surface area contributed by atoms with Crippen LogP contribution in [0.2, 0.25) is 0 Å². The molecule has 10 heteroatoms. The van der Waals surface area contributed by atoms with Crippen LogP contribution in [0.4, 0.5) is 0 Å². The number of esters is 1. The zero-order valence-corrected chi connectivity index (χ0v) is 37.8. The number of nitrogens with one attached hydrogen (secondary N) is 1. The topological polar surface area (TPSA) is 131 Å². The van der Waals surface area contributed by atoms with Gasteiger partial charge < -0.3 is 20.1 Å². The maximum atomic E-state index is 12.1. The van der Waals surface area contributed by atoms with Crippen molar-refractivity contribution in [1.29, 1.82) is 0 Å². The fourth-order valence-corrected chi connectivity index (χ4v) is 6.41. The van der Waals surface area contributed by atoms with Gasteiger partial charge in [-0.2, -0.15) is 0 Å². The minimum atomic E-state index is -4.43. The second-order valence-electron chi connectivity index (χ2n) is 14.6. The molecule has 0 heterocycles. The van der Waals surface area contributed by atoms with Gasteiger partial charge in [-0.05, 0) is 89.9 Å². The number of rotatable bonds is 41. The van der Waals surface area contributed by atoms with E-state index in [1.54, 1.807) is 0 Å². The number of phosphoric ester groups is 1. The van der Waals surface area contributed by atoms with E-state index in [-0.39, 0.29) is 32.1 Å². The van der Waals surface area contributed by atoms with Gasteiger partial charge >= 0.3 is 13.8 Å². The maximum Gasteiger partial charge on any atom is 0.472 e. The van der Waals surface area contributed by atoms with E-state index in [2.05, 4.69) is 116 Å². The summed E-state index contributed by atoms with van der Waals surface area (Å²) in [5, 5.41) is 12.7. The number of carbonyl (C=O) groups is 2.